The fourth-order valence-electron chi connectivity index (χ4n) is 1.10. The third kappa shape index (κ3) is 2.67. The summed E-state index contributed by atoms with van der Waals surface area (Å²) in [4.78, 5) is 5.46. The first-order chi connectivity index (χ1) is 6.86. The molecular formula is C12H15NS. The Labute approximate surface area is 89.4 Å². The van der Waals surface area contributed by atoms with Crippen LogP contribution in [0.1, 0.15) is 18.9 Å². The second kappa shape index (κ2) is 5.55. The highest BCUT2D eigenvalue weighted by molar-refractivity contribution is 7.15. The number of benzene rings is 1. The molecule has 1 heterocycles. The molecule has 0 fully saturated rings. The molecule has 1 aromatic carbocycles. The van der Waals surface area contributed by atoms with Crippen LogP contribution in [0.3, 0.4) is 0 Å². The molecule has 0 amide bonds. The molecule has 0 N–H and O–H groups in total. The van der Waals surface area contributed by atoms with Crippen LogP contribution in [-0.2, 0) is 0 Å². The largest absolute Gasteiger partial charge is 0.249 e. The summed E-state index contributed by atoms with van der Waals surface area (Å²) in [6.07, 6.45) is 1.93. The fraction of sp³-hybridized carbons (Fsp3) is 0.250. The van der Waals surface area contributed by atoms with Gasteiger partial charge in [0, 0.05) is 6.20 Å². The highest BCUT2D eigenvalue weighted by atomic mass is 32.1. The number of thiazole rings is 1. The van der Waals surface area contributed by atoms with E-state index in [0.717, 1.165) is 5.01 Å². The molecule has 14 heavy (non-hydrogen) atoms. The minimum Gasteiger partial charge on any atom is -0.249 e. The van der Waals surface area contributed by atoms with E-state index in [4.69, 9.17) is 0 Å². The monoisotopic (exact) mass is 205 g/mol. The summed E-state index contributed by atoms with van der Waals surface area (Å²) in [5.74, 6) is 0. The van der Waals surface area contributed by atoms with Crippen LogP contribution in [0.2, 0.25) is 0 Å². The van der Waals surface area contributed by atoms with E-state index in [0.29, 0.717) is 0 Å². The van der Waals surface area contributed by atoms with Crippen molar-refractivity contribution in [2.75, 3.05) is 0 Å². The summed E-state index contributed by atoms with van der Waals surface area (Å²) in [6, 6.07) is 10.3. The molecule has 0 radical (unpaired) electrons. The minimum absolute atomic E-state index is 1.12. The second-order valence-electron chi connectivity index (χ2n) is 2.61. The number of aryl methyl sites for hydroxylation is 1. The third-order valence-electron chi connectivity index (χ3n) is 1.68. The summed E-state index contributed by atoms with van der Waals surface area (Å²) < 4.78 is 0. The SMILES string of the molecule is CC.Cc1ncc(-c2ccccc2)s1. The Bertz CT molecular complexity index is 365. The van der Waals surface area contributed by atoms with Crippen molar-refractivity contribution in [3.05, 3.63) is 41.5 Å². The highest BCUT2D eigenvalue weighted by Crippen LogP contribution is 2.24. The summed E-state index contributed by atoms with van der Waals surface area (Å²) in [5.41, 5.74) is 1.25. The topological polar surface area (TPSA) is 12.9 Å². The first-order valence-corrected chi connectivity index (χ1v) is 5.66. The smallest absolute Gasteiger partial charge is 0.0900 e. The molecule has 1 aromatic heterocycles. The first kappa shape index (κ1) is 10.9. The Hall–Kier alpha value is -1.15. The average molecular weight is 205 g/mol. The van der Waals surface area contributed by atoms with Crippen molar-refractivity contribution in [2.24, 2.45) is 0 Å². The van der Waals surface area contributed by atoms with Crippen LogP contribution in [0.5, 0.6) is 0 Å². The number of rotatable bonds is 1. The number of hydrogen-bond donors (Lipinski definition) is 0. The molecule has 0 saturated carbocycles. The molecule has 1 nitrogen and oxygen atoms in total. The van der Waals surface area contributed by atoms with E-state index < -0.39 is 0 Å². The average Bonchev–Trinajstić information content (AvgIpc) is 2.69. The molecule has 74 valence electrons. The van der Waals surface area contributed by atoms with Gasteiger partial charge in [0.15, 0.2) is 0 Å². The molecule has 0 aliphatic carbocycles. The number of hydrogen-bond acceptors (Lipinski definition) is 2. The Morgan fingerprint density at radius 2 is 1.71 bits per heavy atom. The normalized spacial score (nSPS) is 9.07. The fourth-order valence-corrected chi connectivity index (χ4v) is 1.88. The van der Waals surface area contributed by atoms with Crippen molar-refractivity contribution < 1.29 is 0 Å². The molecule has 2 aromatic rings. The molecule has 0 bridgehead atoms. The molecule has 2 heteroatoms. The van der Waals surface area contributed by atoms with Crippen molar-refractivity contribution in [3.8, 4) is 10.4 Å². The van der Waals surface area contributed by atoms with Gasteiger partial charge in [-0.25, -0.2) is 4.98 Å². The lowest BCUT2D eigenvalue weighted by atomic mass is 10.2. The maximum Gasteiger partial charge on any atom is 0.0900 e. The molecule has 0 saturated heterocycles. The van der Waals surface area contributed by atoms with Crippen molar-refractivity contribution in [1.82, 2.24) is 4.98 Å². The summed E-state index contributed by atoms with van der Waals surface area (Å²) in [5, 5.41) is 1.12. The van der Waals surface area contributed by atoms with E-state index in [9.17, 15) is 0 Å². The first-order valence-electron chi connectivity index (χ1n) is 4.84. The summed E-state index contributed by atoms with van der Waals surface area (Å²) >= 11 is 1.73. The molecule has 0 spiro atoms. The summed E-state index contributed by atoms with van der Waals surface area (Å²) in [6.45, 7) is 6.02. The van der Waals surface area contributed by atoms with Crippen LogP contribution in [0.4, 0.5) is 0 Å². The Kier molecular flexibility index (Phi) is 4.33. The molecule has 0 unspecified atom stereocenters. The number of aromatic nitrogens is 1. The number of nitrogens with zero attached hydrogens (tertiary/aromatic N) is 1. The van der Waals surface area contributed by atoms with E-state index in [1.54, 1.807) is 11.3 Å². The zero-order valence-corrected chi connectivity index (χ0v) is 9.64. The van der Waals surface area contributed by atoms with E-state index in [2.05, 4.69) is 17.1 Å². The predicted molar refractivity (Wildman–Crippen MR) is 63.6 cm³/mol. The second-order valence-corrected chi connectivity index (χ2v) is 3.84. The highest BCUT2D eigenvalue weighted by Gasteiger charge is 1.98. The van der Waals surface area contributed by atoms with Crippen LogP contribution in [0.25, 0.3) is 10.4 Å². The van der Waals surface area contributed by atoms with Crippen molar-refractivity contribution in [2.45, 2.75) is 20.8 Å². The summed E-state index contributed by atoms with van der Waals surface area (Å²) in [7, 11) is 0. The quantitative estimate of drug-likeness (QED) is 0.681. The standard InChI is InChI=1S/C10H9NS.C2H6/c1-8-11-7-10(12-8)9-5-3-2-4-6-9;1-2/h2-7H,1H3;1-2H3. The van der Waals surface area contributed by atoms with Gasteiger partial charge in [0.1, 0.15) is 0 Å². The van der Waals surface area contributed by atoms with Crippen LogP contribution in [0.15, 0.2) is 36.5 Å². The van der Waals surface area contributed by atoms with Gasteiger partial charge in [-0.3, -0.25) is 0 Å². The van der Waals surface area contributed by atoms with Gasteiger partial charge in [-0.15, -0.1) is 11.3 Å². The minimum atomic E-state index is 1.12. The van der Waals surface area contributed by atoms with Gasteiger partial charge in [0.25, 0.3) is 0 Å². The molecular weight excluding hydrogens is 190 g/mol. The molecule has 2 rings (SSSR count). The lowest BCUT2D eigenvalue weighted by Gasteiger charge is -1.92. The van der Waals surface area contributed by atoms with Crippen molar-refractivity contribution in [1.29, 1.82) is 0 Å². The molecule has 0 aliphatic heterocycles. The predicted octanol–water partition coefficient (Wildman–Crippen LogP) is 4.14. The van der Waals surface area contributed by atoms with E-state index in [-0.39, 0.29) is 0 Å². The molecule has 0 aliphatic rings. The Morgan fingerprint density at radius 1 is 1.07 bits per heavy atom. The lowest BCUT2D eigenvalue weighted by molar-refractivity contribution is 1.30. The van der Waals surface area contributed by atoms with Crippen LogP contribution >= 0.6 is 11.3 Å². The van der Waals surface area contributed by atoms with Crippen LogP contribution in [-0.4, -0.2) is 4.98 Å². The Morgan fingerprint density at radius 3 is 2.21 bits per heavy atom. The zero-order chi connectivity index (χ0) is 10.4. The van der Waals surface area contributed by atoms with Crippen molar-refractivity contribution in [3.63, 3.8) is 0 Å². The van der Waals surface area contributed by atoms with E-state index >= 15 is 0 Å². The van der Waals surface area contributed by atoms with Gasteiger partial charge < -0.3 is 0 Å². The van der Waals surface area contributed by atoms with Crippen LogP contribution < -0.4 is 0 Å². The van der Waals surface area contributed by atoms with Gasteiger partial charge in [-0.2, -0.15) is 0 Å². The van der Waals surface area contributed by atoms with E-state index in [1.165, 1.54) is 10.4 Å². The third-order valence-corrected chi connectivity index (χ3v) is 2.64. The van der Waals surface area contributed by atoms with Gasteiger partial charge in [-0.05, 0) is 12.5 Å². The van der Waals surface area contributed by atoms with Gasteiger partial charge in [0.2, 0.25) is 0 Å². The van der Waals surface area contributed by atoms with Gasteiger partial charge >= 0.3 is 0 Å². The lowest BCUT2D eigenvalue weighted by Crippen LogP contribution is -1.67. The van der Waals surface area contributed by atoms with Gasteiger partial charge in [0.05, 0.1) is 9.88 Å². The zero-order valence-electron chi connectivity index (χ0n) is 8.82. The van der Waals surface area contributed by atoms with Crippen molar-refractivity contribution >= 4 is 11.3 Å². The van der Waals surface area contributed by atoms with E-state index in [1.807, 2.05) is 45.2 Å². The Balaban J connectivity index is 0.000000461. The maximum absolute atomic E-state index is 4.21. The maximum atomic E-state index is 4.21. The van der Waals surface area contributed by atoms with Gasteiger partial charge in [-0.1, -0.05) is 44.2 Å². The van der Waals surface area contributed by atoms with Crippen LogP contribution in [0, 0.1) is 6.92 Å². The molecule has 0 atom stereocenters.